The Morgan fingerprint density at radius 3 is 2.32 bits per heavy atom. The minimum absolute atomic E-state index is 0.199. The molecule has 28 heavy (non-hydrogen) atoms. The van der Waals surface area contributed by atoms with Crippen LogP contribution < -0.4 is 10.0 Å². The molecule has 2 atom stereocenters. The van der Waals surface area contributed by atoms with E-state index in [1.165, 1.54) is 7.11 Å². The summed E-state index contributed by atoms with van der Waals surface area (Å²) in [5.41, 5.74) is 0. The predicted octanol–water partition coefficient (Wildman–Crippen LogP) is 0.351. The van der Waals surface area contributed by atoms with Crippen molar-refractivity contribution in [3.8, 4) is 0 Å². The molecule has 0 bridgehead atoms. The first kappa shape index (κ1) is 23.5. The van der Waals surface area contributed by atoms with Gasteiger partial charge in [0.15, 0.2) is 6.61 Å². The van der Waals surface area contributed by atoms with E-state index in [-0.39, 0.29) is 10.8 Å². The number of nitrogens with one attached hydrogen (secondary N) is 2. The number of sulfonamides is 1. The molecule has 0 aliphatic heterocycles. The van der Waals surface area contributed by atoms with Crippen LogP contribution in [0.1, 0.15) is 20.3 Å². The molecule has 0 aliphatic carbocycles. The molecule has 0 aliphatic rings. The lowest BCUT2D eigenvalue weighted by atomic mass is 9.99. The number of carbonyl (C=O) groups excluding carboxylic acids is 3. The standard InChI is InChI=1S/C17H23FN2O7S/c1-4-11(2)16(17(23)26-3)20-14(21)10-27-15(22)9-19-28(24,25)13-7-5-12(18)6-8-13/h5-8,11,16,19H,4,9-10H2,1-3H3,(H,20,21)/t11-,16+/m1/s1. The first-order valence-electron chi connectivity index (χ1n) is 8.38. The number of esters is 2. The average Bonchev–Trinajstić information content (AvgIpc) is 2.68. The van der Waals surface area contributed by atoms with Crippen LogP contribution in [-0.4, -0.2) is 52.6 Å². The zero-order valence-electron chi connectivity index (χ0n) is 15.7. The van der Waals surface area contributed by atoms with Gasteiger partial charge in [0, 0.05) is 0 Å². The Labute approximate surface area is 162 Å². The van der Waals surface area contributed by atoms with Crippen molar-refractivity contribution in [1.82, 2.24) is 10.0 Å². The third-order valence-corrected chi connectivity index (χ3v) is 5.30. The summed E-state index contributed by atoms with van der Waals surface area (Å²) in [5, 5.41) is 2.41. The van der Waals surface area contributed by atoms with E-state index in [1.54, 1.807) is 6.92 Å². The second-order valence-electron chi connectivity index (χ2n) is 5.89. The molecular formula is C17H23FN2O7S. The lowest BCUT2D eigenvalue weighted by molar-refractivity contribution is -0.150. The molecule has 9 nitrogen and oxygen atoms in total. The van der Waals surface area contributed by atoms with Gasteiger partial charge in [-0.3, -0.25) is 9.59 Å². The molecular weight excluding hydrogens is 395 g/mol. The van der Waals surface area contributed by atoms with Crippen molar-refractivity contribution in [2.24, 2.45) is 5.92 Å². The fourth-order valence-corrected chi connectivity index (χ4v) is 3.03. The Bertz CT molecular complexity index is 796. The lowest BCUT2D eigenvalue weighted by Crippen LogP contribution is -2.47. The van der Waals surface area contributed by atoms with E-state index in [1.807, 2.05) is 11.6 Å². The van der Waals surface area contributed by atoms with Crippen LogP contribution in [0.3, 0.4) is 0 Å². The summed E-state index contributed by atoms with van der Waals surface area (Å²) in [4.78, 5) is 35.0. The number of hydrogen-bond donors (Lipinski definition) is 2. The number of rotatable bonds is 10. The molecule has 0 fully saturated rings. The molecule has 1 aromatic rings. The SMILES string of the molecule is CC[C@@H](C)[C@H](NC(=O)COC(=O)CNS(=O)(=O)c1ccc(F)cc1)C(=O)OC. The maximum absolute atomic E-state index is 12.8. The summed E-state index contributed by atoms with van der Waals surface area (Å²) in [7, 11) is -2.85. The van der Waals surface area contributed by atoms with E-state index in [2.05, 4.69) is 10.1 Å². The van der Waals surface area contributed by atoms with Crippen LogP contribution in [-0.2, 0) is 33.9 Å². The smallest absolute Gasteiger partial charge is 0.328 e. The van der Waals surface area contributed by atoms with Crippen LogP contribution >= 0.6 is 0 Å². The molecule has 2 N–H and O–H groups in total. The van der Waals surface area contributed by atoms with Gasteiger partial charge in [-0.05, 0) is 30.2 Å². The summed E-state index contributed by atoms with van der Waals surface area (Å²) in [6, 6.07) is 3.12. The zero-order chi connectivity index (χ0) is 21.3. The summed E-state index contributed by atoms with van der Waals surface area (Å²) in [6.07, 6.45) is 0.602. The molecule has 1 amide bonds. The third-order valence-electron chi connectivity index (χ3n) is 3.88. The Hall–Kier alpha value is -2.53. The van der Waals surface area contributed by atoms with Gasteiger partial charge in [-0.1, -0.05) is 20.3 Å². The highest BCUT2D eigenvalue weighted by Crippen LogP contribution is 2.10. The van der Waals surface area contributed by atoms with Gasteiger partial charge < -0.3 is 14.8 Å². The van der Waals surface area contributed by atoms with Crippen LogP contribution in [0.25, 0.3) is 0 Å². The first-order valence-corrected chi connectivity index (χ1v) is 9.87. The molecule has 1 aromatic carbocycles. The quantitative estimate of drug-likeness (QED) is 0.525. The number of methoxy groups -OCH3 is 1. The predicted molar refractivity (Wildman–Crippen MR) is 95.9 cm³/mol. The maximum Gasteiger partial charge on any atom is 0.328 e. The molecule has 0 saturated heterocycles. The van der Waals surface area contributed by atoms with E-state index >= 15 is 0 Å². The van der Waals surface area contributed by atoms with E-state index in [4.69, 9.17) is 4.74 Å². The van der Waals surface area contributed by atoms with Gasteiger partial charge in [0.2, 0.25) is 10.0 Å². The normalized spacial score (nSPS) is 13.3. The minimum atomic E-state index is -4.04. The van der Waals surface area contributed by atoms with Gasteiger partial charge in [0.05, 0.1) is 12.0 Å². The molecule has 0 unspecified atom stereocenters. The Morgan fingerprint density at radius 2 is 1.79 bits per heavy atom. The van der Waals surface area contributed by atoms with E-state index in [0.29, 0.717) is 6.42 Å². The van der Waals surface area contributed by atoms with Crippen LogP contribution in [0.15, 0.2) is 29.2 Å². The number of halogens is 1. The summed E-state index contributed by atoms with van der Waals surface area (Å²) < 4.78 is 48.1. The van der Waals surface area contributed by atoms with Gasteiger partial charge in [0.25, 0.3) is 5.91 Å². The van der Waals surface area contributed by atoms with Crippen molar-refractivity contribution in [3.63, 3.8) is 0 Å². The highest BCUT2D eigenvalue weighted by Gasteiger charge is 2.27. The molecule has 11 heteroatoms. The summed E-state index contributed by atoms with van der Waals surface area (Å²) >= 11 is 0. The Morgan fingerprint density at radius 1 is 1.18 bits per heavy atom. The Balaban J connectivity index is 2.52. The third kappa shape index (κ3) is 7.24. The van der Waals surface area contributed by atoms with Gasteiger partial charge in [-0.15, -0.1) is 0 Å². The van der Waals surface area contributed by atoms with Crippen molar-refractivity contribution in [3.05, 3.63) is 30.1 Å². The van der Waals surface area contributed by atoms with E-state index in [0.717, 1.165) is 24.3 Å². The molecule has 1 rings (SSSR count). The maximum atomic E-state index is 12.8. The fraction of sp³-hybridized carbons (Fsp3) is 0.471. The molecule has 0 saturated carbocycles. The number of amides is 1. The number of ether oxygens (including phenoxy) is 2. The van der Waals surface area contributed by atoms with Gasteiger partial charge in [0.1, 0.15) is 18.4 Å². The first-order chi connectivity index (χ1) is 13.1. The molecule has 156 valence electrons. The van der Waals surface area contributed by atoms with E-state index < -0.39 is 52.9 Å². The number of carbonyl (C=O) groups is 3. The van der Waals surface area contributed by atoms with Gasteiger partial charge >= 0.3 is 11.9 Å². The van der Waals surface area contributed by atoms with Crippen molar-refractivity contribution in [2.45, 2.75) is 31.2 Å². The van der Waals surface area contributed by atoms with Crippen LogP contribution in [0.2, 0.25) is 0 Å². The highest BCUT2D eigenvalue weighted by molar-refractivity contribution is 7.89. The van der Waals surface area contributed by atoms with Crippen molar-refractivity contribution in [2.75, 3.05) is 20.3 Å². The van der Waals surface area contributed by atoms with Crippen molar-refractivity contribution < 1.29 is 36.7 Å². The second kappa shape index (κ2) is 10.7. The van der Waals surface area contributed by atoms with Gasteiger partial charge in [-0.2, -0.15) is 4.72 Å². The average molecular weight is 418 g/mol. The second-order valence-corrected chi connectivity index (χ2v) is 7.66. The lowest BCUT2D eigenvalue weighted by Gasteiger charge is -2.21. The van der Waals surface area contributed by atoms with Crippen LogP contribution in [0.5, 0.6) is 0 Å². The fourth-order valence-electron chi connectivity index (χ4n) is 2.06. The zero-order valence-corrected chi connectivity index (χ0v) is 16.5. The van der Waals surface area contributed by atoms with Gasteiger partial charge in [-0.25, -0.2) is 17.6 Å². The van der Waals surface area contributed by atoms with Crippen molar-refractivity contribution >= 4 is 27.9 Å². The Kier molecular flexibility index (Phi) is 9.00. The number of benzene rings is 1. The topological polar surface area (TPSA) is 128 Å². The van der Waals surface area contributed by atoms with Crippen molar-refractivity contribution in [1.29, 1.82) is 0 Å². The summed E-state index contributed by atoms with van der Waals surface area (Å²) in [6.45, 7) is 2.16. The highest BCUT2D eigenvalue weighted by atomic mass is 32.2. The molecule has 0 heterocycles. The largest absolute Gasteiger partial charge is 0.467 e. The number of hydrogen-bond acceptors (Lipinski definition) is 7. The monoisotopic (exact) mass is 418 g/mol. The van der Waals surface area contributed by atoms with Crippen LogP contribution in [0.4, 0.5) is 4.39 Å². The van der Waals surface area contributed by atoms with E-state index in [9.17, 15) is 27.2 Å². The molecule has 0 radical (unpaired) electrons. The molecule has 0 aromatic heterocycles. The molecule has 0 spiro atoms. The minimum Gasteiger partial charge on any atom is -0.467 e. The summed E-state index contributed by atoms with van der Waals surface area (Å²) in [5.74, 6) is -3.16. The van der Waals surface area contributed by atoms with Crippen LogP contribution in [0, 0.1) is 11.7 Å².